The predicted octanol–water partition coefficient (Wildman–Crippen LogP) is 2.02. The number of carbonyl (C=O) groups is 1. The Morgan fingerprint density at radius 1 is 1.67 bits per heavy atom. The van der Waals surface area contributed by atoms with E-state index in [1.165, 1.54) is 7.11 Å². The van der Waals surface area contributed by atoms with Crippen molar-refractivity contribution in [1.82, 2.24) is 4.90 Å². The Bertz CT molecular complexity index is 159. The van der Waals surface area contributed by atoms with Gasteiger partial charge >= 0.3 is 6.09 Å². The maximum Gasteiger partial charge on any atom is 0.409 e. The number of amides is 1. The number of methoxy groups -OCH3 is 1. The van der Waals surface area contributed by atoms with Crippen LogP contribution in [0.15, 0.2) is 0 Å². The molecule has 1 aliphatic heterocycles. The molecule has 0 N–H and O–H groups in total. The van der Waals surface area contributed by atoms with E-state index in [0.717, 1.165) is 32.2 Å². The predicted molar refractivity (Wildman–Crippen MR) is 47.0 cm³/mol. The average molecular weight is 171 g/mol. The summed E-state index contributed by atoms with van der Waals surface area (Å²) >= 11 is 0. The van der Waals surface area contributed by atoms with E-state index in [-0.39, 0.29) is 6.09 Å². The second kappa shape index (κ2) is 4.33. The highest BCUT2D eigenvalue weighted by Crippen LogP contribution is 2.21. The standard InChI is InChI=1S/C9H17NO2/c1-3-5-8-6-4-7-10(8)9(11)12-2/h8H,3-7H2,1-2H3/t8-/m1/s1. The Labute approximate surface area is 73.7 Å². The molecule has 0 aromatic rings. The lowest BCUT2D eigenvalue weighted by Gasteiger charge is -2.22. The van der Waals surface area contributed by atoms with E-state index in [1.54, 1.807) is 0 Å². The van der Waals surface area contributed by atoms with Crippen molar-refractivity contribution < 1.29 is 9.53 Å². The van der Waals surface area contributed by atoms with Crippen molar-refractivity contribution in [2.75, 3.05) is 13.7 Å². The van der Waals surface area contributed by atoms with Gasteiger partial charge in [-0.3, -0.25) is 0 Å². The fraction of sp³-hybridized carbons (Fsp3) is 0.889. The molecule has 12 heavy (non-hydrogen) atoms. The molecule has 0 unspecified atom stereocenters. The van der Waals surface area contributed by atoms with Gasteiger partial charge in [0.25, 0.3) is 0 Å². The third-order valence-corrected chi connectivity index (χ3v) is 2.41. The number of likely N-dealkylation sites (tertiary alicyclic amines) is 1. The monoisotopic (exact) mass is 171 g/mol. The van der Waals surface area contributed by atoms with Crippen LogP contribution in [0.25, 0.3) is 0 Å². The average Bonchev–Trinajstić information content (AvgIpc) is 2.52. The van der Waals surface area contributed by atoms with Gasteiger partial charge in [0.2, 0.25) is 0 Å². The van der Waals surface area contributed by atoms with Gasteiger partial charge in [0.05, 0.1) is 7.11 Å². The number of carbonyl (C=O) groups excluding carboxylic acids is 1. The molecule has 0 spiro atoms. The molecule has 1 saturated heterocycles. The number of nitrogens with zero attached hydrogens (tertiary/aromatic N) is 1. The van der Waals surface area contributed by atoms with Gasteiger partial charge in [-0.2, -0.15) is 0 Å². The summed E-state index contributed by atoms with van der Waals surface area (Å²) < 4.78 is 4.70. The first kappa shape index (κ1) is 9.36. The number of hydrogen-bond donors (Lipinski definition) is 0. The summed E-state index contributed by atoms with van der Waals surface area (Å²) in [5, 5.41) is 0. The molecule has 1 aliphatic rings. The van der Waals surface area contributed by atoms with Gasteiger partial charge in [-0.1, -0.05) is 13.3 Å². The van der Waals surface area contributed by atoms with E-state index in [4.69, 9.17) is 4.74 Å². The molecule has 0 saturated carbocycles. The Morgan fingerprint density at radius 2 is 2.42 bits per heavy atom. The molecule has 0 aliphatic carbocycles. The van der Waals surface area contributed by atoms with E-state index in [2.05, 4.69) is 6.92 Å². The second-order valence-electron chi connectivity index (χ2n) is 3.25. The zero-order chi connectivity index (χ0) is 8.97. The van der Waals surface area contributed by atoms with Crippen molar-refractivity contribution in [2.45, 2.75) is 38.6 Å². The van der Waals surface area contributed by atoms with Crippen LogP contribution >= 0.6 is 0 Å². The van der Waals surface area contributed by atoms with Crippen LogP contribution < -0.4 is 0 Å². The zero-order valence-corrected chi connectivity index (χ0v) is 7.88. The quantitative estimate of drug-likeness (QED) is 0.636. The lowest BCUT2D eigenvalue weighted by Crippen LogP contribution is -2.35. The number of rotatable bonds is 2. The molecule has 0 bridgehead atoms. The van der Waals surface area contributed by atoms with E-state index in [9.17, 15) is 4.79 Å². The molecule has 1 amide bonds. The minimum Gasteiger partial charge on any atom is -0.453 e. The fourth-order valence-electron chi connectivity index (χ4n) is 1.83. The molecular formula is C9H17NO2. The van der Waals surface area contributed by atoms with Crippen LogP contribution in [0, 0.1) is 0 Å². The lowest BCUT2D eigenvalue weighted by atomic mass is 10.1. The summed E-state index contributed by atoms with van der Waals surface area (Å²) in [6.07, 6.45) is 4.35. The molecule has 1 atom stereocenters. The molecule has 0 aromatic heterocycles. The van der Waals surface area contributed by atoms with Crippen LogP contribution in [0.5, 0.6) is 0 Å². The smallest absolute Gasteiger partial charge is 0.409 e. The molecule has 3 heteroatoms. The molecule has 1 rings (SSSR count). The lowest BCUT2D eigenvalue weighted by molar-refractivity contribution is 0.117. The maximum atomic E-state index is 11.2. The summed E-state index contributed by atoms with van der Waals surface area (Å²) in [4.78, 5) is 13.1. The van der Waals surface area contributed by atoms with Crippen molar-refractivity contribution in [3.05, 3.63) is 0 Å². The third kappa shape index (κ3) is 1.90. The van der Waals surface area contributed by atoms with Crippen LogP contribution in [0.4, 0.5) is 4.79 Å². The van der Waals surface area contributed by atoms with E-state index in [0.29, 0.717) is 6.04 Å². The highest BCUT2D eigenvalue weighted by atomic mass is 16.5. The minimum atomic E-state index is -0.161. The van der Waals surface area contributed by atoms with Crippen LogP contribution in [-0.4, -0.2) is 30.7 Å². The molecule has 3 nitrogen and oxygen atoms in total. The van der Waals surface area contributed by atoms with Crippen molar-refractivity contribution in [3.8, 4) is 0 Å². The summed E-state index contributed by atoms with van der Waals surface area (Å²) in [6, 6.07) is 0.433. The molecule has 0 radical (unpaired) electrons. The van der Waals surface area contributed by atoms with Crippen LogP contribution in [0.2, 0.25) is 0 Å². The van der Waals surface area contributed by atoms with Crippen LogP contribution in [0.3, 0.4) is 0 Å². The third-order valence-electron chi connectivity index (χ3n) is 2.41. The van der Waals surface area contributed by atoms with Crippen molar-refractivity contribution in [3.63, 3.8) is 0 Å². The zero-order valence-electron chi connectivity index (χ0n) is 7.88. The summed E-state index contributed by atoms with van der Waals surface area (Å²) in [6.45, 7) is 3.02. The van der Waals surface area contributed by atoms with Gasteiger partial charge in [0.15, 0.2) is 0 Å². The van der Waals surface area contributed by atoms with E-state index >= 15 is 0 Å². The van der Waals surface area contributed by atoms with Gasteiger partial charge < -0.3 is 9.64 Å². The Balaban J connectivity index is 2.45. The van der Waals surface area contributed by atoms with E-state index in [1.807, 2.05) is 4.90 Å². The van der Waals surface area contributed by atoms with Crippen molar-refractivity contribution in [2.24, 2.45) is 0 Å². The molecule has 1 heterocycles. The highest BCUT2D eigenvalue weighted by Gasteiger charge is 2.28. The normalized spacial score (nSPS) is 22.8. The number of ether oxygens (including phenoxy) is 1. The minimum absolute atomic E-state index is 0.161. The molecule has 0 aromatic carbocycles. The van der Waals surface area contributed by atoms with Gasteiger partial charge in [-0.25, -0.2) is 4.79 Å². The topological polar surface area (TPSA) is 29.5 Å². The summed E-state index contributed by atoms with van der Waals surface area (Å²) in [5.41, 5.74) is 0. The Hall–Kier alpha value is -0.730. The SMILES string of the molecule is CCC[C@@H]1CCCN1C(=O)OC. The summed E-state index contributed by atoms with van der Waals surface area (Å²) in [5.74, 6) is 0. The molecule has 70 valence electrons. The van der Waals surface area contributed by atoms with E-state index < -0.39 is 0 Å². The highest BCUT2D eigenvalue weighted by molar-refractivity contribution is 5.68. The fourth-order valence-corrected chi connectivity index (χ4v) is 1.83. The van der Waals surface area contributed by atoms with Gasteiger partial charge in [0, 0.05) is 12.6 Å². The van der Waals surface area contributed by atoms with Gasteiger partial charge in [0.1, 0.15) is 0 Å². The summed E-state index contributed by atoms with van der Waals surface area (Å²) in [7, 11) is 1.45. The molecular weight excluding hydrogens is 154 g/mol. The van der Waals surface area contributed by atoms with Crippen molar-refractivity contribution >= 4 is 6.09 Å². The van der Waals surface area contributed by atoms with Crippen molar-refractivity contribution in [1.29, 1.82) is 0 Å². The Morgan fingerprint density at radius 3 is 3.00 bits per heavy atom. The largest absolute Gasteiger partial charge is 0.453 e. The number of hydrogen-bond acceptors (Lipinski definition) is 2. The maximum absolute atomic E-state index is 11.2. The van der Waals surface area contributed by atoms with Crippen LogP contribution in [-0.2, 0) is 4.74 Å². The Kier molecular flexibility index (Phi) is 3.38. The first-order valence-corrected chi connectivity index (χ1v) is 4.64. The van der Waals surface area contributed by atoms with Gasteiger partial charge in [-0.15, -0.1) is 0 Å². The first-order valence-electron chi connectivity index (χ1n) is 4.64. The van der Waals surface area contributed by atoms with Crippen LogP contribution in [0.1, 0.15) is 32.6 Å². The molecule has 1 fully saturated rings. The first-order chi connectivity index (χ1) is 5.79. The second-order valence-corrected chi connectivity index (χ2v) is 3.25. The van der Waals surface area contributed by atoms with Gasteiger partial charge in [-0.05, 0) is 19.3 Å².